The molecule has 3 rings (SSSR count). The number of carbonyl (C=O) groups is 1. The molecular formula is C14H14ClN3O2. The molecule has 5 nitrogen and oxygen atoms in total. The molecule has 0 atom stereocenters. The Balaban J connectivity index is 1.60. The molecule has 1 saturated carbocycles. The SMILES string of the molecule is O=C(CCc1nc(-c2cccc(Cl)c2)no1)NC1CC1. The lowest BCUT2D eigenvalue weighted by Crippen LogP contribution is -2.25. The molecule has 1 heterocycles. The minimum absolute atomic E-state index is 0.0370. The average Bonchev–Trinajstić information content (AvgIpc) is 3.11. The second-order valence-electron chi connectivity index (χ2n) is 4.86. The summed E-state index contributed by atoms with van der Waals surface area (Å²) in [5, 5.41) is 7.45. The fraction of sp³-hybridized carbons (Fsp3) is 0.357. The van der Waals surface area contributed by atoms with Crippen LogP contribution in [0.1, 0.15) is 25.2 Å². The maximum atomic E-state index is 11.6. The first-order valence-corrected chi connectivity index (χ1v) is 6.96. The van der Waals surface area contributed by atoms with E-state index in [1.165, 1.54) is 0 Å². The standard InChI is InChI=1S/C14H14ClN3O2/c15-10-3-1-2-9(8-10)14-17-13(20-18-14)7-6-12(19)16-11-4-5-11/h1-3,8,11H,4-7H2,(H,16,19). The molecule has 0 spiro atoms. The Morgan fingerprint density at radius 3 is 3.05 bits per heavy atom. The third-order valence-corrected chi connectivity index (χ3v) is 3.29. The Morgan fingerprint density at radius 1 is 1.45 bits per heavy atom. The molecule has 0 radical (unpaired) electrons. The van der Waals surface area contributed by atoms with E-state index in [1.54, 1.807) is 12.1 Å². The lowest BCUT2D eigenvalue weighted by atomic mass is 10.2. The summed E-state index contributed by atoms with van der Waals surface area (Å²) in [7, 11) is 0. The number of nitrogens with zero attached hydrogens (tertiary/aromatic N) is 2. The first-order valence-electron chi connectivity index (χ1n) is 6.58. The van der Waals surface area contributed by atoms with E-state index in [9.17, 15) is 4.79 Å². The normalized spacial score (nSPS) is 14.2. The highest BCUT2D eigenvalue weighted by Crippen LogP contribution is 2.21. The van der Waals surface area contributed by atoms with E-state index in [0.29, 0.717) is 35.6 Å². The highest BCUT2D eigenvalue weighted by Gasteiger charge is 2.23. The molecule has 20 heavy (non-hydrogen) atoms. The molecule has 0 bridgehead atoms. The van der Waals surface area contributed by atoms with Crippen molar-refractivity contribution in [3.8, 4) is 11.4 Å². The number of aryl methyl sites for hydroxylation is 1. The van der Waals surface area contributed by atoms with Crippen molar-refractivity contribution in [1.29, 1.82) is 0 Å². The van der Waals surface area contributed by atoms with Gasteiger partial charge in [0.1, 0.15) is 0 Å². The molecule has 0 unspecified atom stereocenters. The summed E-state index contributed by atoms with van der Waals surface area (Å²) >= 11 is 5.92. The number of benzene rings is 1. The van der Waals surface area contributed by atoms with Crippen molar-refractivity contribution in [2.75, 3.05) is 0 Å². The van der Waals surface area contributed by atoms with Gasteiger partial charge < -0.3 is 9.84 Å². The summed E-state index contributed by atoms with van der Waals surface area (Å²) in [6, 6.07) is 7.63. The van der Waals surface area contributed by atoms with Crippen molar-refractivity contribution in [1.82, 2.24) is 15.5 Å². The van der Waals surface area contributed by atoms with Gasteiger partial charge in [0.2, 0.25) is 17.6 Å². The summed E-state index contributed by atoms with van der Waals surface area (Å²) in [4.78, 5) is 15.8. The Morgan fingerprint density at radius 2 is 2.30 bits per heavy atom. The van der Waals surface area contributed by atoms with Gasteiger partial charge in [-0.3, -0.25) is 4.79 Å². The molecular weight excluding hydrogens is 278 g/mol. The number of halogens is 1. The van der Waals surface area contributed by atoms with Crippen LogP contribution in [0, 0.1) is 0 Å². The highest BCUT2D eigenvalue weighted by atomic mass is 35.5. The van der Waals surface area contributed by atoms with Crippen LogP contribution < -0.4 is 5.32 Å². The molecule has 6 heteroatoms. The van der Waals surface area contributed by atoms with Crippen LogP contribution >= 0.6 is 11.6 Å². The van der Waals surface area contributed by atoms with Crippen LogP contribution in [-0.4, -0.2) is 22.1 Å². The largest absolute Gasteiger partial charge is 0.353 e. The summed E-state index contributed by atoms with van der Waals surface area (Å²) in [5.41, 5.74) is 0.801. The number of nitrogens with one attached hydrogen (secondary N) is 1. The molecule has 104 valence electrons. The summed E-state index contributed by atoms with van der Waals surface area (Å²) < 4.78 is 5.15. The van der Waals surface area contributed by atoms with E-state index in [-0.39, 0.29) is 5.91 Å². The predicted octanol–water partition coefficient (Wildman–Crippen LogP) is 2.60. The lowest BCUT2D eigenvalue weighted by molar-refractivity contribution is -0.121. The first kappa shape index (κ1) is 13.1. The Hall–Kier alpha value is -1.88. The van der Waals surface area contributed by atoms with Gasteiger partial charge in [0.25, 0.3) is 0 Å². The van der Waals surface area contributed by atoms with Gasteiger partial charge in [-0.25, -0.2) is 0 Å². The van der Waals surface area contributed by atoms with E-state index in [2.05, 4.69) is 15.5 Å². The van der Waals surface area contributed by atoms with Crippen molar-refractivity contribution < 1.29 is 9.32 Å². The molecule has 1 aromatic carbocycles. The topological polar surface area (TPSA) is 68.0 Å². The Kier molecular flexibility index (Phi) is 3.69. The zero-order valence-corrected chi connectivity index (χ0v) is 11.6. The predicted molar refractivity (Wildman–Crippen MR) is 74.2 cm³/mol. The minimum atomic E-state index is 0.0370. The van der Waals surface area contributed by atoms with Crippen LogP contribution in [0.25, 0.3) is 11.4 Å². The number of rotatable bonds is 5. The van der Waals surface area contributed by atoms with Crippen molar-refractivity contribution in [2.24, 2.45) is 0 Å². The molecule has 1 aliphatic rings. The molecule has 0 saturated heterocycles. The molecule has 1 aliphatic carbocycles. The second-order valence-corrected chi connectivity index (χ2v) is 5.30. The van der Waals surface area contributed by atoms with E-state index >= 15 is 0 Å². The molecule has 1 fully saturated rings. The number of carbonyl (C=O) groups excluding carboxylic acids is 1. The van der Waals surface area contributed by atoms with Crippen LogP contribution in [0.3, 0.4) is 0 Å². The van der Waals surface area contributed by atoms with Gasteiger partial charge in [0.15, 0.2) is 0 Å². The summed E-state index contributed by atoms with van der Waals surface area (Å²) in [6.07, 6.45) is 3.00. The first-order chi connectivity index (χ1) is 9.70. The van der Waals surface area contributed by atoms with Crippen LogP contribution in [-0.2, 0) is 11.2 Å². The number of hydrogen-bond acceptors (Lipinski definition) is 4. The van der Waals surface area contributed by atoms with Crippen molar-refractivity contribution in [3.63, 3.8) is 0 Å². The van der Waals surface area contributed by atoms with Crippen molar-refractivity contribution >= 4 is 17.5 Å². The van der Waals surface area contributed by atoms with Crippen LogP contribution in [0.4, 0.5) is 0 Å². The maximum Gasteiger partial charge on any atom is 0.227 e. The second kappa shape index (κ2) is 5.63. The zero-order chi connectivity index (χ0) is 13.9. The lowest BCUT2D eigenvalue weighted by Gasteiger charge is -1.99. The van der Waals surface area contributed by atoms with Crippen LogP contribution in [0.5, 0.6) is 0 Å². The Bertz CT molecular complexity index is 622. The van der Waals surface area contributed by atoms with Gasteiger partial charge in [-0.05, 0) is 25.0 Å². The van der Waals surface area contributed by atoms with Gasteiger partial charge in [-0.15, -0.1) is 0 Å². The van der Waals surface area contributed by atoms with Gasteiger partial charge in [-0.2, -0.15) is 4.98 Å². The third kappa shape index (κ3) is 3.36. The zero-order valence-electron chi connectivity index (χ0n) is 10.8. The number of aromatic nitrogens is 2. The van der Waals surface area contributed by atoms with Crippen LogP contribution in [0.2, 0.25) is 5.02 Å². The fourth-order valence-electron chi connectivity index (χ4n) is 1.85. The van der Waals surface area contributed by atoms with E-state index in [4.69, 9.17) is 16.1 Å². The van der Waals surface area contributed by atoms with Gasteiger partial charge >= 0.3 is 0 Å². The summed E-state index contributed by atoms with van der Waals surface area (Å²) in [5.74, 6) is 0.992. The van der Waals surface area contributed by atoms with Crippen LogP contribution in [0.15, 0.2) is 28.8 Å². The van der Waals surface area contributed by atoms with E-state index in [1.807, 2.05) is 12.1 Å². The van der Waals surface area contributed by atoms with Crippen molar-refractivity contribution in [2.45, 2.75) is 31.7 Å². The van der Waals surface area contributed by atoms with Gasteiger partial charge in [-0.1, -0.05) is 28.9 Å². The van der Waals surface area contributed by atoms with Gasteiger partial charge in [0, 0.05) is 29.5 Å². The number of hydrogen-bond donors (Lipinski definition) is 1. The number of amides is 1. The highest BCUT2D eigenvalue weighted by molar-refractivity contribution is 6.30. The fourth-order valence-corrected chi connectivity index (χ4v) is 2.04. The smallest absolute Gasteiger partial charge is 0.227 e. The molecule has 2 aromatic rings. The summed E-state index contributed by atoms with van der Waals surface area (Å²) in [6.45, 7) is 0. The maximum absolute atomic E-state index is 11.6. The minimum Gasteiger partial charge on any atom is -0.353 e. The average molecular weight is 292 g/mol. The van der Waals surface area contributed by atoms with E-state index in [0.717, 1.165) is 18.4 Å². The molecule has 1 aromatic heterocycles. The third-order valence-electron chi connectivity index (χ3n) is 3.06. The van der Waals surface area contributed by atoms with Crippen molar-refractivity contribution in [3.05, 3.63) is 35.2 Å². The molecule has 0 aliphatic heterocycles. The Labute approximate surface area is 121 Å². The van der Waals surface area contributed by atoms with Gasteiger partial charge in [0.05, 0.1) is 0 Å². The quantitative estimate of drug-likeness (QED) is 0.919. The molecule has 1 N–H and O–H groups in total. The van der Waals surface area contributed by atoms with E-state index < -0.39 is 0 Å². The molecule has 1 amide bonds. The monoisotopic (exact) mass is 291 g/mol.